The first-order valence-electron chi connectivity index (χ1n) is 9.33. The third kappa shape index (κ3) is 4.18. The van der Waals surface area contributed by atoms with Crippen molar-refractivity contribution >= 4 is 84.0 Å². The van der Waals surface area contributed by atoms with Crippen LogP contribution in [0.15, 0.2) is 77.2 Å². The Labute approximate surface area is 200 Å². The van der Waals surface area contributed by atoms with Gasteiger partial charge in [0.15, 0.2) is 10.9 Å². The second-order valence-electron chi connectivity index (χ2n) is 6.73. The van der Waals surface area contributed by atoms with Gasteiger partial charge in [-0.1, -0.05) is 30.3 Å². The Morgan fingerprint density at radius 1 is 1.03 bits per heavy atom. The zero-order valence-corrected chi connectivity index (χ0v) is 19.7. The highest BCUT2D eigenvalue weighted by molar-refractivity contribution is 14.1. The van der Waals surface area contributed by atoms with E-state index in [1.54, 1.807) is 17.4 Å². The molecule has 5 nitrogen and oxygen atoms in total. The molecule has 2 N–H and O–H groups in total. The average Bonchev–Trinajstić information content (AvgIpc) is 3.39. The molecule has 2 aromatic heterocycles. The molecule has 31 heavy (non-hydrogen) atoms. The summed E-state index contributed by atoms with van der Waals surface area (Å²) in [5.41, 5.74) is 3.30. The number of hydrogen-bond acceptors (Lipinski definition) is 5. The third-order valence-electron chi connectivity index (χ3n) is 4.63. The van der Waals surface area contributed by atoms with E-state index in [-0.39, 0.29) is 10.9 Å². The Balaban J connectivity index is 1.39. The van der Waals surface area contributed by atoms with E-state index in [1.165, 1.54) is 0 Å². The van der Waals surface area contributed by atoms with Crippen LogP contribution in [-0.2, 0) is 0 Å². The maximum absolute atomic E-state index is 12.6. The summed E-state index contributed by atoms with van der Waals surface area (Å²) < 4.78 is 7.81. The van der Waals surface area contributed by atoms with E-state index in [4.69, 9.17) is 21.6 Å². The number of carbonyl (C=O) groups excluding carboxylic acids is 1. The van der Waals surface area contributed by atoms with Gasteiger partial charge in [-0.15, -0.1) is 11.3 Å². The standard InChI is InChI=1S/C23H14IN3O2S2/c24-14-9-10-16(15(12-14)22-25-17-6-2-4-8-20(17)31-22)26-23(30)27-21(28)19-11-13-5-1-3-7-18(13)29-19/h1-12H,(H2,26,27,28,30). The summed E-state index contributed by atoms with van der Waals surface area (Å²) in [6.07, 6.45) is 0. The summed E-state index contributed by atoms with van der Waals surface area (Å²) in [6, 6.07) is 23.1. The molecule has 0 unspecified atom stereocenters. The van der Waals surface area contributed by atoms with Crippen LogP contribution in [0.3, 0.4) is 0 Å². The third-order valence-corrected chi connectivity index (χ3v) is 6.58. The second-order valence-corrected chi connectivity index (χ2v) is 9.42. The number of thiazole rings is 1. The van der Waals surface area contributed by atoms with Crippen LogP contribution in [0.5, 0.6) is 0 Å². The number of furan rings is 1. The summed E-state index contributed by atoms with van der Waals surface area (Å²) in [7, 11) is 0. The summed E-state index contributed by atoms with van der Waals surface area (Å²) >= 11 is 9.28. The Kier molecular flexibility index (Phi) is 5.43. The number of aromatic nitrogens is 1. The van der Waals surface area contributed by atoms with E-state index in [2.05, 4.69) is 39.3 Å². The van der Waals surface area contributed by atoms with Crippen molar-refractivity contribution in [3.05, 3.63) is 82.1 Å². The fourth-order valence-corrected chi connectivity index (χ4v) is 4.89. The minimum absolute atomic E-state index is 0.189. The van der Waals surface area contributed by atoms with Gasteiger partial charge in [0.1, 0.15) is 10.6 Å². The number of benzene rings is 3. The molecule has 0 radical (unpaired) electrons. The number of para-hydroxylation sites is 2. The monoisotopic (exact) mass is 555 g/mol. The average molecular weight is 555 g/mol. The molecule has 0 spiro atoms. The Bertz CT molecular complexity index is 1390. The molecule has 0 aliphatic carbocycles. The number of carbonyl (C=O) groups is 1. The fourth-order valence-electron chi connectivity index (χ4n) is 3.20. The normalized spacial score (nSPS) is 11.0. The number of amides is 1. The highest BCUT2D eigenvalue weighted by Crippen LogP contribution is 2.35. The van der Waals surface area contributed by atoms with Gasteiger partial charge in [0.05, 0.1) is 15.9 Å². The smallest absolute Gasteiger partial charge is 0.293 e. The minimum Gasteiger partial charge on any atom is -0.451 e. The topological polar surface area (TPSA) is 67.2 Å². The van der Waals surface area contributed by atoms with Crippen LogP contribution in [0.25, 0.3) is 31.8 Å². The van der Waals surface area contributed by atoms with Crippen molar-refractivity contribution in [2.75, 3.05) is 5.32 Å². The number of fused-ring (bicyclic) bond motifs is 2. The van der Waals surface area contributed by atoms with Gasteiger partial charge in [-0.05, 0) is 77.3 Å². The lowest BCUT2D eigenvalue weighted by Gasteiger charge is -2.12. The van der Waals surface area contributed by atoms with Crippen molar-refractivity contribution in [3.8, 4) is 10.6 Å². The van der Waals surface area contributed by atoms with Crippen LogP contribution < -0.4 is 10.6 Å². The van der Waals surface area contributed by atoms with E-state index < -0.39 is 5.91 Å². The first-order chi connectivity index (χ1) is 15.1. The second kappa shape index (κ2) is 8.37. The van der Waals surface area contributed by atoms with Crippen molar-refractivity contribution in [3.63, 3.8) is 0 Å². The highest BCUT2D eigenvalue weighted by atomic mass is 127. The Hall–Kier alpha value is -2.82. The van der Waals surface area contributed by atoms with Crippen molar-refractivity contribution in [2.45, 2.75) is 0 Å². The van der Waals surface area contributed by atoms with Gasteiger partial charge >= 0.3 is 0 Å². The molecule has 0 saturated carbocycles. The number of anilines is 1. The molecule has 0 fully saturated rings. The molecule has 0 bridgehead atoms. The van der Waals surface area contributed by atoms with Crippen LogP contribution in [0, 0.1) is 3.57 Å². The summed E-state index contributed by atoms with van der Waals surface area (Å²) in [6.45, 7) is 0. The van der Waals surface area contributed by atoms with Crippen molar-refractivity contribution in [1.29, 1.82) is 0 Å². The predicted molar refractivity (Wildman–Crippen MR) is 138 cm³/mol. The number of halogens is 1. The number of hydrogen-bond donors (Lipinski definition) is 2. The molecule has 0 aliphatic heterocycles. The maximum atomic E-state index is 12.6. The zero-order chi connectivity index (χ0) is 21.4. The largest absolute Gasteiger partial charge is 0.451 e. The number of nitrogens with one attached hydrogen (secondary N) is 2. The number of rotatable bonds is 3. The lowest BCUT2D eigenvalue weighted by atomic mass is 10.2. The van der Waals surface area contributed by atoms with Gasteiger partial charge < -0.3 is 9.73 Å². The summed E-state index contributed by atoms with van der Waals surface area (Å²) in [5, 5.41) is 7.77. The lowest BCUT2D eigenvalue weighted by molar-refractivity contribution is 0.0953. The molecule has 2 heterocycles. The molecule has 0 atom stereocenters. The van der Waals surface area contributed by atoms with Gasteiger partial charge in [-0.25, -0.2) is 4.98 Å². The molecule has 3 aromatic carbocycles. The first kappa shape index (κ1) is 20.1. The van der Waals surface area contributed by atoms with E-state index in [0.717, 1.165) is 35.4 Å². The predicted octanol–water partition coefficient (Wildman–Crippen LogP) is 6.44. The van der Waals surface area contributed by atoms with Gasteiger partial charge in [0.2, 0.25) is 0 Å². The van der Waals surface area contributed by atoms with E-state index in [9.17, 15) is 4.79 Å². The van der Waals surface area contributed by atoms with Crippen molar-refractivity contribution in [1.82, 2.24) is 10.3 Å². The Morgan fingerprint density at radius 3 is 2.68 bits per heavy atom. The SMILES string of the molecule is O=C(NC(=S)Nc1ccc(I)cc1-c1nc2ccccc2s1)c1cc2ccccc2o1. The van der Waals surface area contributed by atoms with Crippen LogP contribution in [0.1, 0.15) is 10.6 Å². The van der Waals surface area contributed by atoms with Crippen LogP contribution >= 0.6 is 46.1 Å². The molecular weight excluding hydrogens is 541 g/mol. The van der Waals surface area contributed by atoms with Gasteiger partial charge in [0.25, 0.3) is 5.91 Å². The number of thiocarbonyl (C=S) groups is 1. The lowest BCUT2D eigenvalue weighted by Crippen LogP contribution is -2.34. The van der Waals surface area contributed by atoms with E-state index >= 15 is 0 Å². The number of nitrogens with zero attached hydrogens (tertiary/aromatic N) is 1. The van der Waals surface area contributed by atoms with E-state index in [1.807, 2.05) is 60.7 Å². The molecule has 5 aromatic rings. The summed E-state index contributed by atoms with van der Waals surface area (Å²) in [5.74, 6) is -0.194. The zero-order valence-electron chi connectivity index (χ0n) is 15.9. The maximum Gasteiger partial charge on any atom is 0.293 e. The molecule has 5 rings (SSSR count). The molecule has 0 aliphatic rings. The molecule has 152 valence electrons. The molecule has 8 heteroatoms. The Morgan fingerprint density at radius 2 is 1.84 bits per heavy atom. The van der Waals surface area contributed by atoms with Gasteiger partial charge in [-0.2, -0.15) is 0 Å². The van der Waals surface area contributed by atoms with Gasteiger partial charge in [0, 0.05) is 14.5 Å². The highest BCUT2D eigenvalue weighted by Gasteiger charge is 2.16. The van der Waals surface area contributed by atoms with Crippen molar-refractivity contribution in [2.24, 2.45) is 0 Å². The van der Waals surface area contributed by atoms with Crippen LogP contribution in [0.4, 0.5) is 5.69 Å². The molecular formula is C23H14IN3O2S2. The summed E-state index contributed by atoms with van der Waals surface area (Å²) in [4.78, 5) is 17.4. The quantitative estimate of drug-likeness (QED) is 0.198. The molecule has 1 amide bonds. The first-order valence-corrected chi connectivity index (χ1v) is 11.6. The van der Waals surface area contributed by atoms with Crippen LogP contribution in [0.2, 0.25) is 0 Å². The minimum atomic E-state index is -0.402. The van der Waals surface area contributed by atoms with E-state index in [0.29, 0.717) is 5.58 Å². The van der Waals surface area contributed by atoms with Crippen LogP contribution in [-0.4, -0.2) is 16.0 Å². The van der Waals surface area contributed by atoms with Gasteiger partial charge in [-0.3, -0.25) is 10.1 Å². The molecule has 0 saturated heterocycles. The van der Waals surface area contributed by atoms with Crippen molar-refractivity contribution < 1.29 is 9.21 Å². The fraction of sp³-hybridized carbons (Fsp3) is 0.